The van der Waals surface area contributed by atoms with Crippen LogP contribution in [-0.2, 0) is 20.4 Å². The van der Waals surface area contributed by atoms with Crippen molar-refractivity contribution in [3.05, 3.63) is 34.9 Å². The zero-order valence-electron chi connectivity index (χ0n) is 11.8. The van der Waals surface area contributed by atoms with Gasteiger partial charge in [-0.2, -0.15) is 0 Å². The highest BCUT2D eigenvalue weighted by Gasteiger charge is 2.39. The van der Waals surface area contributed by atoms with Crippen LogP contribution in [-0.4, -0.2) is 24.9 Å². The van der Waals surface area contributed by atoms with E-state index in [4.69, 9.17) is 16.4 Å². The minimum absolute atomic E-state index is 0.0545. The Morgan fingerprint density at radius 1 is 1.40 bits per heavy atom. The third-order valence-electron chi connectivity index (χ3n) is 3.60. The van der Waals surface area contributed by atoms with Crippen molar-refractivity contribution in [1.29, 1.82) is 0 Å². The fourth-order valence-corrected chi connectivity index (χ4v) is 3.75. The summed E-state index contributed by atoms with van der Waals surface area (Å²) in [7, 11) is -3.47. The van der Waals surface area contributed by atoms with Crippen molar-refractivity contribution in [2.24, 2.45) is 5.16 Å². The van der Waals surface area contributed by atoms with Crippen LogP contribution in [0.3, 0.4) is 0 Å². The van der Waals surface area contributed by atoms with Crippen LogP contribution >= 0.6 is 11.6 Å². The van der Waals surface area contributed by atoms with Crippen molar-refractivity contribution in [3.63, 3.8) is 0 Å². The zero-order chi connectivity index (χ0) is 15.0. The summed E-state index contributed by atoms with van der Waals surface area (Å²) in [5, 5.41) is 3.81. The molecule has 0 aliphatic carbocycles. The van der Waals surface area contributed by atoms with Crippen LogP contribution in [0.15, 0.2) is 23.4 Å². The highest BCUT2D eigenvalue weighted by Crippen LogP contribution is 2.28. The summed E-state index contributed by atoms with van der Waals surface area (Å²) in [4.78, 5) is 5.16. The first-order valence-electron chi connectivity index (χ1n) is 6.36. The molecule has 2 rings (SSSR count). The summed E-state index contributed by atoms with van der Waals surface area (Å²) in [6.07, 6.45) is 0.226. The molecule has 110 valence electrons. The number of nitrogens with zero attached hydrogens (tertiary/aromatic N) is 1. The molecule has 1 aromatic rings. The van der Waals surface area contributed by atoms with Crippen molar-refractivity contribution >= 4 is 26.5 Å². The molecule has 0 spiro atoms. The van der Waals surface area contributed by atoms with Crippen LogP contribution in [0.4, 0.5) is 0 Å². The molecule has 1 aliphatic rings. The van der Waals surface area contributed by atoms with Gasteiger partial charge in [-0.15, -0.1) is 11.6 Å². The Labute approximate surface area is 124 Å². The van der Waals surface area contributed by atoms with Crippen LogP contribution in [0.25, 0.3) is 0 Å². The predicted octanol–water partition coefficient (Wildman–Crippen LogP) is 2.95. The number of aryl methyl sites for hydroxylation is 1. The standard InChI is InChI=1S/C14H18ClNO3S/c1-10-5-4-6-12(11(10)2)8-20(17,18)13-7-14(3,9-15)19-16-13/h4-6H,7-9H2,1-3H3. The van der Waals surface area contributed by atoms with Crippen LogP contribution in [0.2, 0.25) is 0 Å². The van der Waals surface area contributed by atoms with E-state index in [-0.39, 0.29) is 23.1 Å². The average molecular weight is 316 g/mol. The Kier molecular flexibility index (Phi) is 4.12. The van der Waals surface area contributed by atoms with Gasteiger partial charge in [-0.25, -0.2) is 8.42 Å². The van der Waals surface area contributed by atoms with Gasteiger partial charge in [0.1, 0.15) is 0 Å². The Balaban J connectivity index is 2.23. The number of rotatable bonds is 3. The topological polar surface area (TPSA) is 55.7 Å². The number of hydrogen-bond acceptors (Lipinski definition) is 4. The molecule has 1 atom stereocenters. The Hall–Kier alpha value is -1.07. The van der Waals surface area contributed by atoms with Gasteiger partial charge >= 0.3 is 0 Å². The first kappa shape index (κ1) is 15.3. The van der Waals surface area contributed by atoms with Gasteiger partial charge in [0.2, 0.25) is 0 Å². The monoisotopic (exact) mass is 315 g/mol. The molecule has 0 radical (unpaired) electrons. The third kappa shape index (κ3) is 2.99. The molecule has 6 heteroatoms. The molecule has 1 aliphatic heterocycles. The summed E-state index contributed by atoms with van der Waals surface area (Å²) >= 11 is 5.78. The second-order valence-electron chi connectivity index (χ2n) is 5.45. The van der Waals surface area contributed by atoms with Crippen molar-refractivity contribution < 1.29 is 13.3 Å². The van der Waals surface area contributed by atoms with Crippen molar-refractivity contribution in [3.8, 4) is 0 Å². The van der Waals surface area contributed by atoms with E-state index in [1.807, 2.05) is 32.0 Å². The van der Waals surface area contributed by atoms with E-state index in [1.54, 1.807) is 6.92 Å². The summed E-state index contributed by atoms with van der Waals surface area (Å²) in [5.41, 5.74) is 2.15. The number of benzene rings is 1. The van der Waals surface area contributed by atoms with Gasteiger partial charge in [0, 0.05) is 6.42 Å². The summed E-state index contributed by atoms with van der Waals surface area (Å²) in [6.45, 7) is 5.65. The second kappa shape index (κ2) is 5.37. The number of sulfone groups is 1. The molecule has 0 aromatic heterocycles. The molecular formula is C14H18ClNO3S. The van der Waals surface area contributed by atoms with Crippen molar-refractivity contribution in [2.75, 3.05) is 5.88 Å². The summed E-state index contributed by atoms with van der Waals surface area (Å²) in [5.74, 6) is 0.153. The highest BCUT2D eigenvalue weighted by molar-refractivity contribution is 8.05. The van der Waals surface area contributed by atoms with E-state index in [2.05, 4.69) is 5.16 Å². The van der Waals surface area contributed by atoms with Gasteiger partial charge in [0.15, 0.2) is 20.5 Å². The van der Waals surface area contributed by atoms with Gasteiger partial charge in [-0.05, 0) is 37.5 Å². The number of halogens is 1. The predicted molar refractivity (Wildman–Crippen MR) is 80.8 cm³/mol. The molecule has 1 heterocycles. The zero-order valence-corrected chi connectivity index (χ0v) is 13.4. The van der Waals surface area contributed by atoms with Gasteiger partial charge in [-0.3, -0.25) is 0 Å². The Morgan fingerprint density at radius 2 is 2.10 bits per heavy atom. The largest absolute Gasteiger partial charge is 0.387 e. The van der Waals surface area contributed by atoms with Crippen LogP contribution in [0.5, 0.6) is 0 Å². The molecular weight excluding hydrogens is 298 g/mol. The molecule has 0 amide bonds. The first-order valence-corrected chi connectivity index (χ1v) is 8.55. The number of oxime groups is 1. The molecule has 0 N–H and O–H groups in total. The van der Waals surface area contributed by atoms with Gasteiger partial charge in [0.05, 0.1) is 11.6 Å². The second-order valence-corrected chi connectivity index (χ2v) is 7.71. The normalized spacial score (nSPS) is 22.5. The molecule has 0 saturated heterocycles. The fourth-order valence-electron chi connectivity index (χ4n) is 2.04. The number of alkyl halides is 1. The van der Waals surface area contributed by atoms with Crippen LogP contribution < -0.4 is 0 Å². The van der Waals surface area contributed by atoms with E-state index in [1.165, 1.54) is 0 Å². The van der Waals surface area contributed by atoms with Crippen molar-refractivity contribution in [1.82, 2.24) is 0 Å². The molecule has 0 saturated carbocycles. The molecule has 1 aromatic carbocycles. The smallest absolute Gasteiger partial charge is 0.199 e. The minimum Gasteiger partial charge on any atom is -0.387 e. The quantitative estimate of drug-likeness (QED) is 0.806. The van der Waals surface area contributed by atoms with E-state index in [9.17, 15) is 8.42 Å². The molecule has 0 bridgehead atoms. The molecule has 4 nitrogen and oxygen atoms in total. The summed E-state index contributed by atoms with van der Waals surface area (Å²) < 4.78 is 24.8. The fraction of sp³-hybridized carbons (Fsp3) is 0.500. The SMILES string of the molecule is Cc1cccc(CS(=O)(=O)C2=NOC(C)(CCl)C2)c1C. The Bertz CT molecular complexity index is 654. The van der Waals surface area contributed by atoms with Gasteiger partial charge in [0.25, 0.3) is 0 Å². The molecule has 0 fully saturated rings. The van der Waals surface area contributed by atoms with Crippen molar-refractivity contribution in [2.45, 2.75) is 38.5 Å². The van der Waals surface area contributed by atoms with Crippen LogP contribution in [0, 0.1) is 13.8 Å². The van der Waals surface area contributed by atoms with Gasteiger partial charge in [-0.1, -0.05) is 23.4 Å². The van der Waals surface area contributed by atoms with E-state index in [0.717, 1.165) is 16.7 Å². The minimum atomic E-state index is -3.47. The highest BCUT2D eigenvalue weighted by atomic mass is 35.5. The van der Waals surface area contributed by atoms with Crippen LogP contribution in [0.1, 0.15) is 30.0 Å². The lowest BCUT2D eigenvalue weighted by Crippen LogP contribution is -2.28. The maximum absolute atomic E-state index is 12.4. The maximum Gasteiger partial charge on any atom is 0.199 e. The lowest BCUT2D eigenvalue weighted by atomic mass is 10.1. The van der Waals surface area contributed by atoms with E-state index in [0.29, 0.717) is 0 Å². The van der Waals surface area contributed by atoms with Gasteiger partial charge < -0.3 is 4.84 Å². The lowest BCUT2D eigenvalue weighted by molar-refractivity contribution is 0.0152. The number of hydrogen-bond donors (Lipinski definition) is 0. The Morgan fingerprint density at radius 3 is 2.70 bits per heavy atom. The average Bonchev–Trinajstić information content (AvgIpc) is 2.79. The molecule has 1 unspecified atom stereocenters. The first-order chi connectivity index (χ1) is 9.27. The summed E-state index contributed by atoms with van der Waals surface area (Å²) in [6, 6.07) is 5.66. The lowest BCUT2D eigenvalue weighted by Gasteiger charge is -2.16. The van der Waals surface area contributed by atoms with E-state index >= 15 is 0 Å². The molecule has 20 heavy (non-hydrogen) atoms. The maximum atomic E-state index is 12.4. The third-order valence-corrected chi connectivity index (χ3v) is 5.79. The van der Waals surface area contributed by atoms with E-state index < -0.39 is 15.4 Å².